The Balaban J connectivity index is 2.23. The molecule has 0 radical (unpaired) electrons. The van der Waals surface area contributed by atoms with Crippen molar-refractivity contribution in [2.45, 2.75) is 49.5 Å². The molecule has 5 nitrogen and oxygen atoms in total. The molecule has 0 amide bonds. The zero-order valence-electron chi connectivity index (χ0n) is 11.5. The molecule has 1 aromatic rings. The van der Waals surface area contributed by atoms with Crippen LogP contribution < -0.4 is 10.0 Å². The molecule has 112 valence electrons. The lowest BCUT2D eigenvalue weighted by Crippen LogP contribution is -2.34. The standard InChI is InChI=1S/C13H20BrN3O2S/c1-15-13-12(8-10(14)9-16-13)20(18,19)17-11-6-4-2-3-5-7-11/h8-9,11,17H,2-7H2,1H3,(H,15,16). The van der Waals surface area contributed by atoms with Crippen molar-refractivity contribution in [2.75, 3.05) is 12.4 Å². The number of hydrogen-bond acceptors (Lipinski definition) is 4. The Morgan fingerprint density at radius 1 is 1.25 bits per heavy atom. The topological polar surface area (TPSA) is 71.1 Å². The lowest BCUT2D eigenvalue weighted by Gasteiger charge is -2.17. The van der Waals surface area contributed by atoms with Crippen LogP contribution in [0.3, 0.4) is 0 Å². The molecule has 0 aliphatic heterocycles. The fourth-order valence-electron chi connectivity index (χ4n) is 2.49. The molecule has 2 N–H and O–H groups in total. The first-order chi connectivity index (χ1) is 9.53. The van der Waals surface area contributed by atoms with Crippen LogP contribution in [0.25, 0.3) is 0 Å². The second-order valence-electron chi connectivity index (χ2n) is 5.06. The van der Waals surface area contributed by atoms with Gasteiger partial charge in [-0.1, -0.05) is 25.7 Å². The molecule has 1 fully saturated rings. The van der Waals surface area contributed by atoms with Crippen molar-refractivity contribution in [3.05, 3.63) is 16.7 Å². The predicted molar refractivity (Wildman–Crippen MR) is 83.3 cm³/mol. The Labute approximate surface area is 128 Å². The zero-order valence-corrected chi connectivity index (χ0v) is 13.9. The van der Waals surface area contributed by atoms with Crippen LogP contribution in [-0.2, 0) is 10.0 Å². The van der Waals surface area contributed by atoms with E-state index in [-0.39, 0.29) is 10.9 Å². The van der Waals surface area contributed by atoms with E-state index in [1.807, 2.05) is 0 Å². The summed E-state index contributed by atoms with van der Waals surface area (Å²) < 4.78 is 28.5. The number of halogens is 1. The molecule has 1 aliphatic carbocycles. The maximum atomic E-state index is 12.5. The van der Waals surface area contributed by atoms with Crippen molar-refractivity contribution in [2.24, 2.45) is 0 Å². The van der Waals surface area contributed by atoms with Gasteiger partial charge < -0.3 is 5.32 Å². The van der Waals surface area contributed by atoms with Crippen LogP contribution >= 0.6 is 15.9 Å². The van der Waals surface area contributed by atoms with E-state index in [0.29, 0.717) is 10.3 Å². The highest BCUT2D eigenvalue weighted by Gasteiger charge is 2.24. The minimum atomic E-state index is -3.55. The molecule has 20 heavy (non-hydrogen) atoms. The van der Waals surface area contributed by atoms with E-state index in [4.69, 9.17) is 0 Å². The summed E-state index contributed by atoms with van der Waals surface area (Å²) in [5, 5.41) is 2.83. The highest BCUT2D eigenvalue weighted by Crippen LogP contribution is 2.24. The van der Waals surface area contributed by atoms with Gasteiger partial charge in [0.15, 0.2) is 0 Å². The minimum Gasteiger partial charge on any atom is -0.372 e. The number of pyridine rings is 1. The Kier molecular flexibility index (Phi) is 5.40. The summed E-state index contributed by atoms with van der Waals surface area (Å²) in [6.07, 6.45) is 7.96. The first-order valence-corrected chi connectivity index (χ1v) is 9.16. The maximum absolute atomic E-state index is 12.5. The molecular weight excluding hydrogens is 342 g/mol. The Bertz CT molecular complexity index is 555. The van der Waals surface area contributed by atoms with E-state index in [9.17, 15) is 8.42 Å². The third-order valence-corrected chi connectivity index (χ3v) is 5.49. The van der Waals surface area contributed by atoms with Gasteiger partial charge in [-0.05, 0) is 34.8 Å². The zero-order chi connectivity index (χ0) is 14.6. The number of nitrogens with one attached hydrogen (secondary N) is 2. The lowest BCUT2D eigenvalue weighted by atomic mass is 10.1. The Morgan fingerprint density at radius 2 is 1.90 bits per heavy atom. The first-order valence-electron chi connectivity index (χ1n) is 6.88. The molecule has 0 aromatic carbocycles. The van der Waals surface area contributed by atoms with Crippen molar-refractivity contribution in [1.29, 1.82) is 0 Å². The quantitative estimate of drug-likeness (QED) is 0.808. The van der Waals surface area contributed by atoms with Crippen molar-refractivity contribution >= 4 is 31.8 Å². The third-order valence-electron chi connectivity index (χ3n) is 3.52. The van der Waals surface area contributed by atoms with Crippen LogP contribution in [0.4, 0.5) is 5.82 Å². The second kappa shape index (κ2) is 6.87. The Morgan fingerprint density at radius 3 is 2.50 bits per heavy atom. The lowest BCUT2D eigenvalue weighted by molar-refractivity contribution is 0.510. The van der Waals surface area contributed by atoms with E-state index in [1.54, 1.807) is 19.3 Å². The van der Waals surface area contributed by atoms with Crippen LogP contribution in [-0.4, -0.2) is 26.5 Å². The second-order valence-corrected chi connectivity index (χ2v) is 7.66. The average molecular weight is 362 g/mol. The molecule has 0 saturated heterocycles. The smallest absolute Gasteiger partial charge is 0.244 e. The first kappa shape index (κ1) is 15.7. The molecule has 0 unspecified atom stereocenters. The van der Waals surface area contributed by atoms with Gasteiger partial charge in [0.2, 0.25) is 10.0 Å². The molecular formula is C13H20BrN3O2S. The third kappa shape index (κ3) is 3.93. The van der Waals surface area contributed by atoms with E-state index in [1.165, 1.54) is 12.8 Å². The molecule has 1 saturated carbocycles. The molecule has 0 atom stereocenters. The van der Waals surface area contributed by atoms with Crippen LogP contribution in [0.5, 0.6) is 0 Å². The summed E-state index contributed by atoms with van der Waals surface area (Å²) >= 11 is 3.27. The van der Waals surface area contributed by atoms with Gasteiger partial charge in [-0.2, -0.15) is 0 Å². The van der Waals surface area contributed by atoms with E-state index in [2.05, 4.69) is 31.0 Å². The monoisotopic (exact) mass is 361 g/mol. The average Bonchev–Trinajstić information content (AvgIpc) is 2.67. The number of rotatable bonds is 4. The number of hydrogen-bond donors (Lipinski definition) is 2. The summed E-state index contributed by atoms with van der Waals surface area (Å²) in [6.45, 7) is 0. The van der Waals surface area contributed by atoms with Crippen LogP contribution in [0.15, 0.2) is 21.6 Å². The van der Waals surface area contributed by atoms with Crippen LogP contribution in [0.1, 0.15) is 38.5 Å². The number of aromatic nitrogens is 1. The van der Waals surface area contributed by atoms with Gasteiger partial charge in [-0.3, -0.25) is 0 Å². The van der Waals surface area contributed by atoms with Crippen molar-refractivity contribution < 1.29 is 8.42 Å². The van der Waals surface area contributed by atoms with Gasteiger partial charge in [0.25, 0.3) is 0 Å². The largest absolute Gasteiger partial charge is 0.372 e. The molecule has 1 aromatic heterocycles. The molecule has 0 bridgehead atoms. The van der Waals surface area contributed by atoms with Gasteiger partial charge in [0.1, 0.15) is 10.7 Å². The summed E-state index contributed by atoms with van der Waals surface area (Å²) in [7, 11) is -1.88. The highest BCUT2D eigenvalue weighted by atomic mass is 79.9. The van der Waals surface area contributed by atoms with Gasteiger partial charge in [0, 0.05) is 23.8 Å². The van der Waals surface area contributed by atoms with Crippen molar-refractivity contribution in [3.8, 4) is 0 Å². The predicted octanol–water partition coefficient (Wildman–Crippen LogP) is 2.89. The maximum Gasteiger partial charge on any atom is 0.244 e. The number of anilines is 1. The van der Waals surface area contributed by atoms with Gasteiger partial charge >= 0.3 is 0 Å². The number of sulfonamides is 1. The normalized spacial score (nSPS) is 17.7. The number of nitrogens with zero attached hydrogens (tertiary/aromatic N) is 1. The summed E-state index contributed by atoms with van der Waals surface area (Å²) in [4.78, 5) is 4.29. The Hall–Kier alpha value is -0.660. The fraction of sp³-hybridized carbons (Fsp3) is 0.615. The van der Waals surface area contributed by atoms with Gasteiger partial charge in [-0.15, -0.1) is 0 Å². The van der Waals surface area contributed by atoms with Gasteiger partial charge in [0.05, 0.1) is 0 Å². The van der Waals surface area contributed by atoms with Crippen LogP contribution in [0.2, 0.25) is 0 Å². The summed E-state index contributed by atoms with van der Waals surface area (Å²) in [6, 6.07) is 1.61. The molecule has 2 rings (SSSR count). The van der Waals surface area contributed by atoms with Gasteiger partial charge in [-0.25, -0.2) is 18.1 Å². The fourth-order valence-corrected chi connectivity index (χ4v) is 4.47. The van der Waals surface area contributed by atoms with E-state index in [0.717, 1.165) is 25.7 Å². The molecule has 7 heteroatoms. The summed E-state index contributed by atoms with van der Waals surface area (Å²) in [5.41, 5.74) is 0. The van der Waals surface area contributed by atoms with Crippen molar-refractivity contribution in [3.63, 3.8) is 0 Å². The summed E-state index contributed by atoms with van der Waals surface area (Å²) in [5.74, 6) is 0.370. The highest BCUT2D eigenvalue weighted by molar-refractivity contribution is 9.10. The SMILES string of the molecule is CNc1ncc(Br)cc1S(=O)(=O)NC1CCCCCC1. The van der Waals surface area contributed by atoms with E-state index < -0.39 is 10.0 Å². The molecule has 1 aliphatic rings. The molecule has 0 spiro atoms. The minimum absolute atomic E-state index is 0.0335. The van der Waals surface area contributed by atoms with Crippen LogP contribution in [0, 0.1) is 0 Å². The van der Waals surface area contributed by atoms with Crippen molar-refractivity contribution in [1.82, 2.24) is 9.71 Å². The molecule has 1 heterocycles. The van der Waals surface area contributed by atoms with E-state index >= 15 is 0 Å².